The number of halogens is 3. The van der Waals surface area contributed by atoms with Crippen LogP contribution in [-0.4, -0.2) is 11.1 Å². The van der Waals surface area contributed by atoms with E-state index in [-0.39, 0.29) is 17.0 Å². The van der Waals surface area contributed by atoms with E-state index >= 15 is 0 Å². The molecule has 0 heterocycles. The first-order valence-electron chi connectivity index (χ1n) is 5.91. The van der Waals surface area contributed by atoms with E-state index in [1.165, 1.54) is 0 Å². The number of carbonyl (C=O) groups is 1. The smallest absolute Gasteiger partial charge is 0.311 e. The molecule has 0 fully saturated rings. The van der Waals surface area contributed by atoms with E-state index in [9.17, 15) is 14.3 Å². The van der Waals surface area contributed by atoms with Gasteiger partial charge in [0, 0.05) is 4.47 Å². The van der Waals surface area contributed by atoms with E-state index in [2.05, 4.69) is 15.9 Å². The quantitative estimate of drug-likeness (QED) is 0.809. The van der Waals surface area contributed by atoms with Gasteiger partial charge >= 0.3 is 5.97 Å². The van der Waals surface area contributed by atoms with E-state index in [0.29, 0.717) is 10.0 Å². The van der Waals surface area contributed by atoms with E-state index in [0.717, 1.165) is 0 Å². The molecule has 0 aliphatic carbocycles. The fraction of sp³-hybridized carbons (Fsp3) is 0.133. The van der Waals surface area contributed by atoms with Gasteiger partial charge in [-0.3, -0.25) is 4.79 Å². The predicted octanol–water partition coefficient (Wildman–Crippen LogP) is 4.65. The molecule has 0 amide bonds. The summed E-state index contributed by atoms with van der Waals surface area (Å²) in [6, 6.07) is 11.9. The normalized spacial score (nSPS) is 12.2. The zero-order chi connectivity index (χ0) is 14.7. The molecule has 0 aromatic heterocycles. The number of aliphatic carboxylic acids is 1. The lowest BCUT2D eigenvalue weighted by atomic mass is 9.92. The molecule has 2 aromatic rings. The fourth-order valence-corrected chi connectivity index (χ4v) is 2.47. The highest BCUT2D eigenvalue weighted by molar-refractivity contribution is 9.10. The van der Waals surface area contributed by atoms with Crippen molar-refractivity contribution in [3.05, 3.63) is 68.9 Å². The summed E-state index contributed by atoms with van der Waals surface area (Å²) in [6.07, 6.45) is 0.0537. The van der Waals surface area contributed by atoms with Crippen LogP contribution < -0.4 is 0 Å². The van der Waals surface area contributed by atoms with Gasteiger partial charge in [-0.1, -0.05) is 48.0 Å². The van der Waals surface area contributed by atoms with Gasteiger partial charge in [0.15, 0.2) is 0 Å². The van der Waals surface area contributed by atoms with Crippen LogP contribution in [0.2, 0.25) is 5.02 Å². The number of benzene rings is 2. The fourth-order valence-electron chi connectivity index (χ4n) is 1.98. The van der Waals surface area contributed by atoms with Gasteiger partial charge in [-0.25, -0.2) is 4.39 Å². The molecule has 2 nitrogen and oxygen atoms in total. The highest BCUT2D eigenvalue weighted by Crippen LogP contribution is 2.30. The van der Waals surface area contributed by atoms with Gasteiger partial charge in [0.25, 0.3) is 0 Å². The van der Waals surface area contributed by atoms with Crippen LogP contribution in [0.1, 0.15) is 17.0 Å². The lowest BCUT2D eigenvalue weighted by Gasteiger charge is -2.14. The monoisotopic (exact) mass is 356 g/mol. The van der Waals surface area contributed by atoms with Crippen molar-refractivity contribution in [3.63, 3.8) is 0 Å². The van der Waals surface area contributed by atoms with Crippen molar-refractivity contribution in [1.29, 1.82) is 0 Å². The number of hydrogen-bond acceptors (Lipinski definition) is 1. The Labute approximate surface area is 129 Å². The van der Waals surface area contributed by atoms with Crippen molar-refractivity contribution >= 4 is 33.5 Å². The minimum Gasteiger partial charge on any atom is -0.481 e. The standard InChI is InChI=1S/C15H11BrClFO2/c16-12-7-6-10(14(18)13(12)17)8-11(15(19)20)9-4-2-1-3-5-9/h1-7,11H,8H2,(H,19,20). The van der Waals surface area contributed by atoms with Crippen LogP contribution in [0, 0.1) is 5.82 Å². The summed E-state index contributed by atoms with van der Waals surface area (Å²) in [6.45, 7) is 0. The maximum absolute atomic E-state index is 14.0. The summed E-state index contributed by atoms with van der Waals surface area (Å²) in [5, 5.41) is 9.31. The van der Waals surface area contributed by atoms with Crippen LogP contribution in [0.15, 0.2) is 46.9 Å². The number of carboxylic acid groups (broad SMARTS) is 1. The molecule has 20 heavy (non-hydrogen) atoms. The Bertz CT molecular complexity index is 631. The second-order valence-electron chi connectivity index (χ2n) is 4.34. The van der Waals surface area contributed by atoms with Gasteiger partial charge in [0.1, 0.15) is 5.82 Å². The number of hydrogen-bond donors (Lipinski definition) is 1. The van der Waals surface area contributed by atoms with Crippen LogP contribution in [0.5, 0.6) is 0 Å². The third-order valence-corrected chi connectivity index (χ3v) is 4.30. The Balaban J connectivity index is 2.35. The van der Waals surface area contributed by atoms with Gasteiger partial charge in [0.2, 0.25) is 0 Å². The number of carboxylic acids is 1. The van der Waals surface area contributed by atoms with Crippen molar-refractivity contribution in [2.45, 2.75) is 12.3 Å². The molecule has 0 aliphatic rings. The molecular weight excluding hydrogens is 347 g/mol. The van der Waals surface area contributed by atoms with Crippen LogP contribution in [0.3, 0.4) is 0 Å². The van der Waals surface area contributed by atoms with Crippen molar-refractivity contribution in [1.82, 2.24) is 0 Å². The Morgan fingerprint density at radius 3 is 2.50 bits per heavy atom. The minimum absolute atomic E-state index is 0.0281. The first-order valence-corrected chi connectivity index (χ1v) is 7.08. The average Bonchev–Trinajstić information content (AvgIpc) is 2.45. The van der Waals surface area contributed by atoms with E-state index in [1.54, 1.807) is 42.5 Å². The second kappa shape index (κ2) is 6.37. The van der Waals surface area contributed by atoms with Crippen LogP contribution in [-0.2, 0) is 11.2 Å². The van der Waals surface area contributed by atoms with Crippen LogP contribution in [0.25, 0.3) is 0 Å². The maximum atomic E-state index is 14.0. The Morgan fingerprint density at radius 2 is 1.90 bits per heavy atom. The Kier molecular flexibility index (Phi) is 4.78. The van der Waals surface area contributed by atoms with Crippen LogP contribution in [0.4, 0.5) is 4.39 Å². The molecule has 1 unspecified atom stereocenters. The largest absolute Gasteiger partial charge is 0.481 e. The molecule has 0 spiro atoms. The van der Waals surface area contributed by atoms with Gasteiger partial charge in [0.05, 0.1) is 10.9 Å². The highest BCUT2D eigenvalue weighted by atomic mass is 79.9. The lowest BCUT2D eigenvalue weighted by Crippen LogP contribution is -2.15. The maximum Gasteiger partial charge on any atom is 0.311 e. The third kappa shape index (κ3) is 3.19. The van der Waals surface area contributed by atoms with Crippen molar-refractivity contribution in [2.24, 2.45) is 0 Å². The Morgan fingerprint density at radius 1 is 1.25 bits per heavy atom. The summed E-state index contributed by atoms with van der Waals surface area (Å²) in [5.41, 5.74) is 0.924. The number of rotatable bonds is 4. The molecule has 104 valence electrons. The Hall–Kier alpha value is -1.39. The van der Waals surface area contributed by atoms with Gasteiger partial charge in [-0.05, 0) is 39.5 Å². The van der Waals surface area contributed by atoms with E-state index < -0.39 is 17.7 Å². The third-order valence-electron chi connectivity index (χ3n) is 3.04. The molecule has 0 aliphatic heterocycles. The van der Waals surface area contributed by atoms with Gasteiger partial charge < -0.3 is 5.11 Å². The van der Waals surface area contributed by atoms with E-state index in [4.69, 9.17) is 11.6 Å². The molecule has 5 heteroatoms. The first kappa shape index (κ1) is 15.0. The topological polar surface area (TPSA) is 37.3 Å². The zero-order valence-electron chi connectivity index (χ0n) is 10.3. The molecule has 0 bridgehead atoms. The van der Waals surface area contributed by atoms with Gasteiger partial charge in [-0.2, -0.15) is 0 Å². The first-order chi connectivity index (χ1) is 9.50. The van der Waals surface area contributed by atoms with E-state index in [1.807, 2.05) is 0 Å². The summed E-state index contributed by atoms with van der Waals surface area (Å²) in [7, 11) is 0. The van der Waals surface area contributed by atoms with Gasteiger partial charge in [-0.15, -0.1) is 0 Å². The summed E-state index contributed by atoms with van der Waals surface area (Å²) in [4.78, 5) is 11.4. The zero-order valence-corrected chi connectivity index (χ0v) is 12.7. The molecule has 0 saturated heterocycles. The molecule has 1 N–H and O–H groups in total. The summed E-state index contributed by atoms with van der Waals surface area (Å²) >= 11 is 8.95. The molecule has 1 atom stereocenters. The molecular formula is C15H11BrClFO2. The lowest BCUT2D eigenvalue weighted by molar-refractivity contribution is -0.138. The van der Waals surface area contributed by atoms with Crippen LogP contribution >= 0.6 is 27.5 Å². The van der Waals surface area contributed by atoms with Crippen molar-refractivity contribution in [3.8, 4) is 0 Å². The minimum atomic E-state index is -0.991. The van der Waals surface area contributed by atoms with Crippen molar-refractivity contribution in [2.75, 3.05) is 0 Å². The summed E-state index contributed by atoms with van der Waals surface area (Å²) in [5.74, 6) is -2.37. The summed E-state index contributed by atoms with van der Waals surface area (Å²) < 4.78 is 14.5. The SMILES string of the molecule is O=C(O)C(Cc1ccc(Br)c(Cl)c1F)c1ccccc1. The molecule has 2 rings (SSSR count). The molecule has 0 saturated carbocycles. The highest BCUT2D eigenvalue weighted by Gasteiger charge is 2.22. The average molecular weight is 358 g/mol. The molecule has 2 aromatic carbocycles. The predicted molar refractivity (Wildman–Crippen MR) is 79.6 cm³/mol. The van der Waals surface area contributed by atoms with Crippen molar-refractivity contribution < 1.29 is 14.3 Å². The molecule has 0 radical (unpaired) electrons. The second-order valence-corrected chi connectivity index (χ2v) is 5.57.